The zero-order valence-corrected chi connectivity index (χ0v) is 18.3. The van der Waals surface area contributed by atoms with E-state index in [0.29, 0.717) is 5.56 Å². The van der Waals surface area contributed by atoms with Gasteiger partial charge in [-0.3, -0.25) is 14.3 Å². The number of benzene rings is 1. The number of hydrogen-bond acceptors (Lipinski definition) is 4. The molecule has 1 aromatic heterocycles. The number of rotatable bonds is 6. The number of aryl methyl sites for hydroxylation is 1. The van der Waals surface area contributed by atoms with Gasteiger partial charge in [-0.15, -0.1) is 0 Å². The Morgan fingerprint density at radius 1 is 1.20 bits per heavy atom. The monoisotopic (exact) mass is 435 g/mol. The van der Waals surface area contributed by atoms with Gasteiger partial charge in [0, 0.05) is 49.0 Å². The highest BCUT2D eigenvalue weighted by atomic mass is 35.5. The first kappa shape index (κ1) is 22.2. The van der Waals surface area contributed by atoms with E-state index in [-0.39, 0.29) is 36.3 Å². The van der Waals surface area contributed by atoms with E-state index in [2.05, 4.69) is 15.3 Å². The zero-order valence-electron chi connectivity index (χ0n) is 17.5. The normalized spacial score (nSPS) is 14.8. The molecule has 1 saturated heterocycles. The van der Waals surface area contributed by atoms with E-state index in [1.165, 1.54) is 12.1 Å². The van der Waals surface area contributed by atoms with Gasteiger partial charge in [0.25, 0.3) is 0 Å². The summed E-state index contributed by atoms with van der Waals surface area (Å²) in [5, 5.41) is 7.55. The molecule has 0 saturated carbocycles. The first-order valence-electron chi connectivity index (χ1n) is 9.94. The fourth-order valence-corrected chi connectivity index (χ4v) is 3.74. The molecule has 2 heterocycles. The summed E-state index contributed by atoms with van der Waals surface area (Å²) in [4.78, 5) is 29.1. The number of nitrogens with zero attached hydrogens (tertiary/aromatic N) is 4. The minimum absolute atomic E-state index is 0.0376. The van der Waals surface area contributed by atoms with E-state index in [4.69, 9.17) is 11.6 Å². The molecule has 3 rings (SSSR count). The number of piperazine rings is 1. The summed E-state index contributed by atoms with van der Waals surface area (Å²) < 4.78 is 14.8. The van der Waals surface area contributed by atoms with Gasteiger partial charge in [0.05, 0.1) is 12.1 Å². The number of halogens is 2. The third-order valence-electron chi connectivity index (χ3n) is 5.50. The van der Waals surface area contributed by atoms with Crippen LogP contribution in [-0.4, -0.2) is 64.6 Å². The molecule has 0 unspecified atom stereocenters. The van der Waals surface area contributed by atoms with Gasteiger partial charge in [-0.2, -0.15) is 5.10 Å². The van der Waals surface area contributed by atoms with Crippen LogP contribution in [-0.2, 0) is 29.1 Å². The number of carbonyl (C=O) groups excluding carboxylic acids is 2. The predicted molar refractivity (Wildman–Crippen MR) is 113 cm³/mol. The van der Waals surface area contributed by atoms with Crippen LogP contribution >= 0.6 is 11.6 Å². The van der Waals surface area contributed by atoms with Gasteiger partial charge in [0.1, 0.15) is 12.4 Å². The standard InChI is InChI=1S/C21H27ClFN5O2/c1-14-18(11-20(29)24-12-16-4-5-17(23)10-19(16)22)15(2)28(25-14)13-21(30)27-8-6-26(3)7-9-27/h4-5,10H,6-9,11-13H2,1-3H3,(H,24,29). The van der Waals surface area contributed by atoms with Gasteiger partial charge in [0.15, 0.2) is 0 Å². The lowest BCUT2D eigenvalue weighted by molar-refractivity contribution is -0.133. The van der Waals surface area contributed by atoms with Gasteiger partial charge in [0.2, 0.25) is 11.8 Å². The number of amides is 2. The van der Waals surface area contributed by atoms with E-state index in [0.717, 1.165) is 43.1 Å². The summed E-state index contributed by atoms with van der Waals surface area (Å²) in [5.74, 6) is -0.568. The third-order valence-corrected chi connectivity index (χ3v) is 5.85. The topological polar surface area (TPSA) is 70.5 Å². The van der Waals surface area contributed by atoms with Crippen LogP contribution in [0.4, 0.5) is 4.39 Å². The van der Waals surface area contributed by atoms with Crippen molar-refractivity contribution in [3.63, 3.8) is 0 Å². The highest BCUT2D eigenvalue weighted by Crippen LogP contribution is 2.18. The molecule has 0 radical (unpaired) electrons. The first-order valence-corrected chi connectivity index (χ1v) is 10.3. The molecule has 9 heteroatoms. The quantitative estimate of drug-likeness (QED) is 0.752. The van der Waals surface area contributed by atoms with Crippen LogP contribution in [0.15, 0.2) is 18.2 Å². The van der Waals surface area contributed by atoms with Crippen LogP contribution in [0.5, 0.6) is 0 Å². The molecule has 1 aliphatic heterocycles. The molecular weight excluding hydrogens is 409 g/mol. The van der Waals surface area contributed by atoms with Crippen molar-refractivity contribution in [1.82, 2.24) is 24.9 Å². The summed E-state index contributed by atoms with van der Waals surface area (Å²) in [7, 11) is 2.05. The Kier molecular flexibility index (Phi) is 7.10. The summed E-state index contributed by atoms with van der Waals surface area (Å²) in [5.41, 5.74) is 3.00. The van der Waals surface area contributed by atoms with Crippen molar-refractivity contribution < 1.29 is 14.0 Å². The van der Waals surface area contributed by atoms with E-state index in [1.807, 2.05) is 25.8 Å². The average Bonchev–Trinajstić information content (AvgIpc) is 2.95. The van der Waals surface area contributed by atoms with Crippen molar-refractivity contribution in [1.29, 1.82) is 0 Å². The Morgan fingerprint density at radius 3 is 2.57 bits per heavy atom. The van der Waals surface area contributed by atoms with E-state index >= 15 is 0 Å². The predicted octanol–water partition coefficient (Wildman–Crippen LogP) is 1.93. The van der Waals surface area contributed by atoms with Crippen molar-refractivity contribution in [2.75, 3.05) is 33.2 Å². The second kappa shape index (κ2) is 9.57. The molecule has 1 aromatic carbocycles. The number of nitrogens with one attached hydrogen (secondary N) is 1. The Hall–Kier alpha value is -2.45. The van der Waals surface area contributed by atoms with Crippen molar-refractivity contribution in [3.05, 3.63) is 51.6 Å². The average molecular weight is 436 g/mol. The van der Waals surface area contributed by atoms with Gasteiger partial charge in [-0.25, -0.2) is 4.39 Å². The van der Waals surface area contributed by atoms with Crippen LogP contribution in [0.1, 0.15) is 22.5 Å². The summed E-state index contributed by atoms with van der Waals surface area (Å²) in [6.45, 7) is 7.26. The molecule has 1 N–H and O–H groups in total. The Labute approximate surface area is 180 Å². The molecule has 7 nitrogen and oxygen atoms in total. The first-order chi connectivity index (χ1) is 14.2. The molecule has 0 spiro atoms. The third kappa shape index (κ3) is 5.37. The van der Waals surface area contributed by atoms with Crippen LogP contribution in [0.2, 0.25) is 5.02 Å². The van der Waals surface area contributed by atoms with Crippen LogP contribution in [0.25, 0.3) is 0 Å². The van der Waals surface area contributed by atoms with Crippen LogP contribution in [0, 0.1) is 19.7 Å². The molecule has 1 aliphatic rings. The Balaban J connectivity index is 1.59. The number of hydrogen-bond donors (Lipinski definition) is 1. The number of aromatic nitrogens is 2. The van der Waals surface area contributed by atoms with E-state index < -0.39 is 5.82 Å². The minimum Gasteiger partial charge on any atom is -0.352 e. The highest BCUT2D eigenvalue weighted by Gasteiger charge is 2.22. The maximum atomic E-state index is 13.1. The molecule has 1 fully saturated rings. The molecule has 162 valence electrons. The lowest BCUT2D eigenvalue weighted by Crippen LogP contribution is -2.48. The molecule has 0 atom stereocenters. The van der Waals surface area contributed by atoms with Crippen molar-refractivity contribution in [2.24, 2.45) is 0 Å². The van der Waals surface area contributed by atoms with Gasteiger partial charge < -0.3 is 15.1 Å². The molecule has 2 aromatic rings. The van der Waals surface area contributed by atoms with Gasteiger partial charge in [-0.05, 0) is 38.6 Å². The van der Waals surface area contributed by atoms with Crippen molar-refractivity contribution in [2.45, 2.75) is 33.4 Å². The fraction of sp³-hybridized carbons (Fsp3) is 0.476. The van der Waals surface area contributed by atoms with Crippen molar-refractivity contribution in [3.8, 4) is 0 Å². The SMILES string of the molecule is Cc1nn(CC(=O)N2CCN(C)CC2)c(C)c1CC(=O)NCc1ccc(F)cc1Cl. The maximum Gasteiger partial charge on any atom is 0.244 e. The number of likely N-dealkylation sites (N-methyl/N-ethyl adjacent to an activating group) is 1. The maximum absolute atomic E-state index is 13.1. The van der Waals surface area contributed by atoms with Gasteiger partial charge >= 0.3 is 0 Å². The largest absolute Gasteiger partial charge is 0.352 e. The zero-order chi connectivity index (χ0) is 21.8. The Bertz CT molecular complexity index is 938. The highest BCUT2D eigenvalue weighted by molar-refractivity contribution is 6.31. The summed E-state index contributed by atoms with van der Waals surface area (Å²) >= 11 is 6.00. The lowest BCUT2D eigenvalue weighted by atomic mass is 10.1. The number of carbonyl (C=O) groups is 2. The second-order valence-electron chi connectivity index (χ2n) is 7.68. The molecule has 0 aliphatic carbocycles. The Morgan fingerprint density at radius 2 is 1.90 bits per heavy atom. The fourth-order valence-electron chi connectivity index (χ4n) is 3.51. The van der Waals surface area contributed by atoms with E-state index in [1.54, 1.807) is 10.7 Å². The molecule has 0 bridgehead atoms. The molecule has 2 amide bonds. The van der Waals surface area contributed by atoms with Crippen LogP contribution in [0.3, 0.4) is 0 Å². The summed E-state index contributed by atoms with van der Waals surface area (Å²) in [6.07, 6.45) is 0.152. The second-order valence-corrected chi connectivity index (χ2v) is 8.09. The van der Waals surface area contributed by atoms with Gasteiger partial charge in [-0.1, -0.05) is 17.7 Å². The lowest BCUT2D eigenvalue weighted by Gasteiger charge is -2.32. The molecule has 30 heavy (non-hydrogen) atoms. The minimum atomic E-state index is -0.417. The van der Waals surface area contributed by atoms with Crippen molar-refractivity contribution >= 4 is 23.4 Å². The van der Waals surface area contributed by atoms with E-state index in [9.17, 15) is 14.0 Å². The van der Waals surface area contributed by atoms with Crippen LogP contribution < -0.4 is 5.32 Å². The summed E-state index contributed by atoms with van der Waals surface area (Å²) in [6, 6.07) is 4.08. The smallest absolute Gasteiger partial charge is 0.244 e. The molecular formula is C21H27ClFN5O2.